The Morgan fingerprint density at radius 2 is 1.26 bits per heavy atom. The maximum Gasteiger partial charge on any atom is 0.142 e. The van der Waals surface area contributed by atoms with Crippen molar-refractivity contribution in [3.63, 3.8) is 0 Å². The molecule has 35 heavy (non-hydrogen) atoms. The molecule has 2 N–H and O–H groups in total. The van der Waals surface area contributed by atoms with Crippen molar-refractivity contribution in [1.29, 1.82) is 0 Å². The third kappa shape index (κ3) is 17.4. The third-order valence-corrected chi connectivity index (χ3v) is 5.12. The minimum atomic E-state index is -0.627. The summed E-state index contributed by atoms with van der Waals surface area (Å²) in [5.74, 6) is 0.722. The molecule has 0 aliphatic carbocycles. The Hall–Kier alpha value is -2.75. The van der Waals surface area contributed by atoms with Gasteiger partial charge in [0, 0.05) is 24.0 Å². The molecule has 0 heterocycles. The van der Waals surface area contributed by atoms with Gasteiger partial charge in [0.2, 0.25) is 0 Å². The minimum absolute atomic E-state index is 0.209. The molecule has 0 saturated carbocycles. The van der Waals surface area contributed by atoms with Gasteiger partial charge < -0.3 is 24.4 Å². The van der Waals surface area contributed by atoms with Crippen molar-refractivity contribution in [3.8, 4) is 5.75 Å². The van der Waals surface area contributed by atoms with Crippen LogP contribution < -0.4 is 4.74 Å². The molecule has 2 unspecified atom stereocenters. The zero-order valence-corrected chi connectivity index (χ0v) is 21.2. The van der Waals surface area contributed by atoms with E-state index in [-0.39, 0.29) is 13.2 Å². The first kappa shape index (κ1) is 32.2. The van der Waals surface area contributed by atoms with E-state index in [1.54, 1.807) is 26.0 Å². The highest BCUT2D eigenvalue weighted by molar-refractivity contribution is 7.99. The maximum absolute atomic E-state index is 9.72. The second-order valence-electron chi connectivity index (χ2n) is 7.03. The number of rotatable bonds is 14. The van der Waals surface area contributed by atoms with E-state index in [9.17, 15) is 10.2 Å². The van der Waals surface area contributed by atoms with E-state index in [0.717, 1.165) is 22.0 Å². The van der Waals surface area contributed by atoms with Gasteiger partial charge in [0.1, 0.15) is 31.0 Å². The van der Waals surface area contributed by atoms with Crippen molar-refractivity contribution >= 4 is 24.3 Å². The van der Waals surface area contributed by atoms with Crippen LogP contribution in [0.15, 0.2) is 83.6 Å². The fourth-order valence-electron chi connectivity index (χ4n) is 2.51. The summed E-state index contributed by atoms with van der Waals surface area (Å²) in [5, 5.41) is 19.3. The molecule has 2 aromatic rings. The number of methoxy groups -OCH3 is 2. The molecule has 192 valence electrons. The van der Waals surface area contributed by atoms with E-state index >= 15 is 0 Å². The number of carbonyl (C=O) groups excluding carboxylic acids is 2. The van der Waals surface area contributed by atoms with E-state index in [0.29, 0.717) is 25.6 Å². The quantitative estimate of drug-likeness (QED) is 0.295. The van der Waals surface area contributed by atoms with Crippen LogP contribution in [-0.4, -0.2) is 69.0 Å². The topological polar surface area (TPSA) is 102 Å². The molecular formula is C27H36O7S. The lowest BCUT2D eigenvalue weighted by Crippen LogP contribution is -2.22. The van der Waals surface area contributed by atoms with E-state index in [1.165, 1.54) is 17.7 Å². The van der Waals surface area contributed by atoms with E-state index < -0.39 is 12.2 Å². The summed E-state index contributed by atoms with van der Waals surface area (Å²) in [5.41, 5.74) is 1.20. The first-order valence-electron chi connectivity index (χ1n) is 10.9. The minimum Gasteiger partial charge on any atom is -0.491 e. The molecule has 2 aromatic carbocycles. The Morgan fingerprint density at radius 3 is 1.71 bits per heavy atom. The summed E-state index contributed by atoms with van der Waals surface area (Å²) in [6, 6.07) is 16.2. The van der Waals surface area contributed by atoms with Crippen molar-refractivity contribution in [3.05, 3.63) is 79.4 Å². The van der Waals surface area contributed by atoms with Gasteiger partial charge in [0.15, 0.2) is 0 Å². The number of aldehydes is 2. The first-order chi connectivity index (χ1) is 16.9. The highest BCUT2D eigenvalue weighted by Gasteiger charge is 2.06. The Morgan fingerprint density at radius 1 is 0.800 bits per heavy atom. The van der Waals surface area contributed by atoms with Crippen molar-refractivity contribution < 1.29 is 34.0 Å². The van der Waals surface area contributed by atoms with Crippen molar-refractivity contribution in [1.82, 2.24) is 0 Å². The van der Waals surface area contributed by atoms with Crippen LogP contribution in [-0.2, 0) is 25.5 Å². The number of ether oxygens (including phenoxy) is 3. The zero-order chi connectivity index (χ0) is 26.3. The highest BCUT2D eigenvalue weighted by Crippen LogP contribution is 2.29. The van der Waals surface area contributed by atoms with E-state index in [2.05, 4.69) is 37.4 Å². The van der Waals surface area contributed by atoms with Gasteiger partial charge in [0.25, 0.3) is 0 Å². The number of allylic oxidation sites excluding steroid dienone is 2. The van der Waals surface area contributed by atoms with Crippen LogP contribution >= 0.6 is 11.8 Å². The number of carbonyl (C=O) groups is 2. The van der Waals surface area contributed by atoms with Gasteiger partial charge >= 0.3 is 0 Å². The summed E-state index contributed by atoms with van der Waals surface area (Å²) in [7, 11) is 3.14. The predicted molar refractivity (Wildman–Crippen MR) is 139 cm³/mol. The lowest BCUT2D eigenvalue weighted by Gasteiger charge is -2.12. The SMILES string of the molecule is C=CC=O.C=CC=O.COCC(O)CCc1ccc(Sc2ccc(OCC(O)COC)cc2)cc1. The van der Waals surface area contributed by atoms with Gasteiger partial charge in [0.05, 0.1) is 19.3 Å². The van der Waals surface area contributed by atoms with Gasteiger partial charge in [-0.1, -0.05) is 37.1 Å². The number of aliphatic hydroxyl groups excluding tert-OH is 2. The summed E-state index contributed by atoms with van der Waals surface area (Å²) in [6.45, 7) is 7.06. The van der Waals surface area contributed by atoms with Gasteiger partial charge in [-0.2, -0.15) is 0 Å². The summed E-state index contributed by atoms with van der Waals surface area (Å²) in [6.07, 6.45) is 4.15. The molecule has 0 bridgehead atoms. The Bertz CT molecular complexity index is 741. The van der Waals surface area contributed by atoms with Crippen molar-refractivity contribution in [2.75, 3.05) is 34.0 Å². The van der Waals surface area contributed by atoms with Crippen LogP contribution in [0, 0.1) is 0 Å². The molecule has 0 radical (unpaired) electrons. The van der Waals surface area contributed by atoms with Gasteiger partial charge in [-0.3, -0.25) is 9.59 Å². The smallest absolute Gasteiger partial charge is 0.142 e. The molecule has 2 atom stereocenters. The Labute approximate surface area is 212 Å². The summed E-state index contributed by atoms with van der Waals surface area (Å²) in [4.78, 5) is 20.4. The molecule has 0 saturated heterocycles. The lowest BCUT2D eigenvalue weighted by atomic mass is 10.1. The number of aliphatic hydroxyl groups is 2. The lowest BCUT2D eigenvalue weighted by molar-refractivity contribution is -0.104. The number of hydrogen-bond acceptors (Lipinski definition) is 8. The molecule has 8 heteroatoms. The average Bonchev–Trinajstić information content (AvgIpc) is 2.88. The number of aryl methyl sites for hydroxylation is 1. The van der Waals surface area contributed by atoms with Gasteiger partial charge in [-0.05, 0) is 67.0 Å². The van der Waals surface area contributed by atoms with Gasteiger partial charge in [-0.15, -0.1) is 0 Å². The fraction of sp³-hybridized carbons (Fsp3) is 0.333. The zero-order valence-electron chi connectivity index (χ0n) is 20.4. The van der Waals surface area contributed by atoms with E-state index in [1.807, 2.05) is 24.3 Å². The van der Waals surface area contributed by atoms with E-state index in [4.69, 9.17) is 23.8 Å². The van der Waals surface area contributed by atoms with Crippen molar-refractivity contribution in [2.45, 2.75) is 34.8 Å². The highest BCUT2D eigenvalue weighted by atomic mass is 32.2. The van der Waals surface area contributed by atoms with Crippen LogP contribution in [0.1, 0.15) is 12.0 Å². The third-order valence-electron chi connectivity index (χ3n) is 4.10. The van der Waals surface area contributed by atoms with Crippen molar-refractivity contribution in [2.24, 2.45) is 0 Å². The molecular weight excluding hydrogens is 468 g/mol. The predicted octanol–water partition coefficient (Wildman–Crippen LogP) is 3.91. The molecule has 0 fully saturated rings. The maximum atomic E-state index is 9.72. The molecule has 0 aliphatic heterocycles. The number of benzene rings is 2. The normalized spacial score (nSPS) is 11.4. The molecule has 7 nitrogen and oxygen atoms in total. The van der Waals surface area contributed by atoms with Crippen LogP contribution in [0.4, 0.5) is 0 Å². The Kier molecular flexibility index (Phi) is 20.1. The van der Waals surface area contributed by atoms with Crippen LogP contribution in [0.25, 0.3) is 0 Å². The number of hydrogen-bond donors (Lipinski definition) is 2. The fourth-order valence-corrected chi connectivity index (χ4v) is 3.32. The molecule has 0 amide bonds. The molecule has 0 aliphatic rings. The largest absolute Gasteiger partial charge is 0.491 e. The van der Waals surface area contributed by atoms with Gasteiger partial charge in [-0.25, -0.2) is 0 Å². The summed E-state index contributed by atoms with van der Waals surface area (Å²) >= 11 is 1.68. The molecule has 0 aromatic heterocycles. The summed E-state index contributed by atoms with van der Waals surface area (Å²) < 4.78 is 15.4. The second-order valence-corrected chi connectivity index (χ2v) is 8.18. The molecule has 2 rings (SSSR count). The standard InChI is InChI=1S/C21H28O5S.2C3H4O/c1-24-13-17(22)6-3-16-4-9-20(10-5-16)27-21-11-7-19(8-12-21)26-15-18(23)14-25-2;2*1-2-3-4/h4-5,7-12,17-18,22-23H,3,6,13-15H2,1-2H3;2*2-3H,1H2. The monoisotopic (exact) mass is 504 g/mol. The van der Waals surface area contributed by atoms with Crippen LogP contribution in [0.2, 0.25) is 0 Å². The molecule has 0 spiro atoms. The second kappa shape index (κ2) is 21.8. The Balaban J connectivity index is 0.00000126. The van der Waals surface area contributed by atoms with Crippen LogP contribution in [0.3, 0.4) is 0 Å². The van der Waals surface area contributed by atoms with Crippen LogP contribution in [0.5, 0.6) is 5.75 Å². The average molecular weight is 505 g/mol. The first-order valence-corrected chi connectivity index (χ1v) is 11.7.